The van der Waals surface area contributed by atoms with E-state index in [0.717, 1.165) is 27.2 Å². The lowest BCUT2D eigenvalue weighted by atomic mass is 10.0. The van der Waals surface area contributed by atoms with E-state index in [0.29, 0.717) is 0 Å². The van der Waals surface area contributed by atoms with Crippen LogP contribution in [0.2, 0.25) is 0 Å². The summed E-state index contributed by atoms with van der Waals surface area (Å²) in [4.78, 5) is 2.30. The zero-order valence-electron chi connectivity index (χ0n) is 28.3. The maximum Gasteiger partial charge on any atom is 0.0462 e. The number of nitrogen functional groups attached to an aromatic ring is 1. The zero-order chi connectivity index (χ0) is 35.1. The highest BCUT2D eigenvalue weighted by atomic mass is 79.9. The standard InChI is InChI=1S/C30H23N.C12H9Br.C6H7N/c1-4-10-24(11-5-1)26-16-20-29(21-17-26)31(28-14-8-3-9-15-28)30-22-18-27(19-23-30)25-12-6-2-7-13-25;13-12-8-6-11(7-9-12)10-4-2-1-3-5-10;7-6-4-2-1-3-5-6/h1-23H;1-9H;1-5H,7H2. The van der Waals surface area contributed by atoms with Crippen molar-refractivity contribution < 1.29 is 0 Å². The molecular weight excluding hydrogens is 684 g/mol. The topological polar surface area (TPSA) is 29.3 Å². The van der Waals surface area contributed by atoms with Gasteiger partial charge in [0, 0.05) is 27.2 Å². The monoisotopic (exact) mass is 722 g/mol. The second-order valence-corrected chi connectivity index (χ2v) is 12.7. The van der Waals surface area contributed by atoms with Gasteiger partial charge in [0.2, 0.25) is 0 Å². The van der Waals surface area contributed by atoms with Crippen molar-refractivity contribution >= 4 is 38.7 Å². The fourth-order valence-corrected chi connectivity index (χ4v) is 5.88. The molecule has 0 aliphatic carbocycles. The Kier molecular flexibility index (Phi) is 12.3. The summed E-state index contributed by atoms with van der Waals surface area (Å²) in [7, 11) is 0. The summed E-state index contributed by atoms with van der Waals surface area (Å²) < 4.78 is 1.12. The minimum Gasteiger partial charge on any atom is -0.399 e. The van der Waals surface area contributed by atoms with Gasteiger partial charge in [0.15, 0.2) is 0 Å². The molecule has 8 aromatic carbocycles. The lowest BCUT2D eigenvalue weighted by molar-refractivity contribution is 1.28. The third-order valence-electron chi connectivity index (χ3n) is 8.23. The molecule has 0 saturated heterocycles. The van der Waals surface area contributed by atoms with Crippen LogP contribution in [0.5, 0.6) is 0 Å². The van der Waals surface area contributed by atoms with Gasteiger partial charge in [-0.2, -0.15) is 0 Å². The van der Waals surface area contributed by atoms with Crippen molar-refractivity contribution in [2.75, 3.05) is 10.6 Å². The molecule has 0 aliphatic heterocycles. The number of benzene rings is 8. The molecule has 0 heterocycles. The molecule has 2 N–H and O–H groups in total. The Morgan fingerprint density at radius 2 is 0.529 bits per heavy atom. The summed E-state index contributed by atoms with van der Waals surface area (Å²) in [5, 5.41) is 0. The average Bonchev–Trinajstić information content (AvgIpc) is 3.21. The van der Waals surface area contributed by atoms with E-state index in [-0.39, 0.29) is 0 Å². The molecule has 0 fully saturated rings. The molecule has 0 amide bonds. The van der Waals surface area contributed by atoms with Crippen molar-refractivity contribution in [3.05, 3.63) is 229 Å². The van der Waals surface area contributed by atoms with Gasteiger partial charge < -0.3 is 10.6 Å². The Morgan fingerprint density at radius 1 is 0.275 bits per heavy atom. The van der Waals surface area contributed by atoms with Crippen LogP contribution >= 0.6 is 15.9 Å². The third-order valence-corrected chi connectivity index (χ3v) is 8.76. The van der Waals surface area contributed by atoms with Crippen molar-refractivity contribution in [3.63, 3.8) is 0 Å². The first-order valence-electron chi connectivity index (χ1n) is 16.9. The van der Waals surface area contributed by atoms with E-state index in [9.17, 15) is 0 Å². The second kappa shape index (κ2) is 18.0. The molecular formula is C48H39BrN2. The Bertz CT molecular complexity index is 2070. The first-order chi connectivity index (χ1) is 25.1. The van der Waals surface area contributed by atoms with Crippen molar-refractivity contribution in [2.45, 2.75) is 0 Å². The molecule has 8 rings (SSSR count). The van der Waals surface area contributed by atoms with E-state index in [1.165, 1.54) is 33.4 Å². The molecule has 248 valence electrons. The van der Waals surface area contributed by atoms with Crippen LogP contribution in [-0.2, 0) is 0 Å². The minimum absolute atomic E-state index is 0.822. The summed E-state index contributed by atoms with van der Waals surface area (Å²) >= 11 is 3.42. The molecule has 0 spiro atoms. The van der Waals surface area contributed by atoms with E-state index in [4.69, 9.17) is 5.73 Å². The van der Waals surface area contributed by atoms with Gasteiger partial charge in [0.25, 0.3) is 0 Å². The Morgan fingerprint density at radius 3 is 0.843 bits per heavy atom. The second-order valence-electron chi connectivity index (χ2n) is 11.8. The molecule has 0 bridgehead atoms. The smallest absolute Gasteiger partial charge is 0.0462 e. The molecule has 0 saturated carbocycles. The molecule has 0 aromatic heterocycles. The van der Waals surface area contributed by atoms with Crippen LogP contribution in [0.1, 0.15) is 0 Å². The highest BCUT2D eigenvalue weighted by Gasteiger charge is 2.12. The molecule has 3 heteroatoms. The van der Waals surface area contributed by atoms with E-state index in [1.807, 2.05) is 48.5 Å². The van der Waals surface area contributed by atoms with Gasteiger partial charge in [-0.25, -0.2) is 0 Å². The van der Waals surface area contributed by atoms with Crippen molar-refractivity contribution in [3.8, 4) is 33.4 Å². The third kappa shape index (κ3) is 9.95. The van der Waals surface area contributed by atoms with Crippen LogP contribution in [0, 0.1) is 0 Å². The van der Waals surface area contributed by atoms with Gasteiger partial charge >= 0.3 is 0 Å². The van der Waals surface area contributed by atoms with Gasteiger partial charge in [-0.3, -0.25) is 0 Å². The lowest BCUT2D eigenvalue weighted by Gasteiger charge is -2.26. The minimum atomic E-state index is 0.822. The van der Waals surface area contributed by atoms with E-state index >= 15 is 0 Å². The summed E-state index contributed by atoms with van der Waals surface area (Å²) in [5.74, 6) is 0. The molecule has 2 nitrogen and oxygen atoms in total. The average molecular weight is 724 g/mol. The predicted molar refractivity (Wildman–Crippen MR) is 222 cm³/mol. The van der Waals surface area contributed by atoms with Crippen LogP contribution in [0.4, 0.5) is 22.7 Å². The number of hydrogen-bond donors (Lipinski definition) is 1. The SMILES string of the molecule is Brc1ccc(-c2ccccc2)cc1.Nc1ccccc1.c1ccc(-c2ccc(N(c3ccccc3)c3ccc(-c4ccccc4)cc3)cc2)cc1. The number of halogens is 1. The Labute approximate surface area is 310 Å². The molecule has 0 radical (unpaired) electrons. The maximum atomic E-state index is 5.36. The van der Waals surface area contributed by atoms with Crippen LogP contribution in [0.25, 0.3) is 33.4 Å². The number of nitrogens with two attached hydrogens (primary N) is 1. The van der Waals surface area contributed by atoms with Crippen molar-refractivity contribution in [1.29, 1.82) is 0 Å². The number of rotatable bonds is 6. The van der Waals surface area contributed by atoms with Crippen LogP contribution in [0.15, 0.2) is 229 Å². The quantitative estimate of drug-likeness (QED) is 0.173. The maximum absolute atomic E-state index is 5.36. The highest BCUT2D eigenvalue weighted by molar-refractivity contribution is 9.10. The summed E-state index contributed by atoms with van der Waals surface area (Å²) in [6.45, 7) is 0. The largest absolute Gasteiger partial charge is 0.399 e. The zero-order valence-corrected chi connectivity index (χ0v) is 29.9. The highest BCUT2D eigenvalue weighted by Crippen LogP contribution is 2.36. The van der Waals surface area contributed by atoms with Gasteiger partial charge in [0.1, 0.15) is 0 Å². The molecule has 0 unspecified atom stereocenters. The number of anilines is 4. The molecule has 51 heavy (non-hydrogen) atoms. The van der Waals surface area contributed by atoms with Crippen LogP contribution in [-0.4, -0.2) is 0 Å². The lowest BCUT2D eigenvalue weighted by Crippen LogP contribution is -2.09. The molecule has 0 aliphatic rings. The van der Waals surface area contributed by atoms with Crippen molar-refractivity contribution in [2.24, 2.45) is 0 Å². The molecule has 8 aromatic rings. The first-order valence-corrected chi connectivity index (χ1v) is 17.7. The number of hydrogen-bond acceptors (Lipinski definition) is 2. The van der Waals surface area contributed by atoms with Gasteiger partial charge in [-0.15, -0.1) is 0 Å². The van der Waals surface area contributed by atoms with Gasteiger partial charge in [-0.1, -0.05) is 180 Å². The van der Waals surface area contributed by atoms with E-state index < -0.39 is 0 Å². The summed E-state index contributed by atoms with van der Waals surface area (Å²) in [6, 6.07) is 77.2. The number of para-hydroxylation sites is 2. The fraction of sp³-hybridized carbons (Fsp3) is 0. The van der Waals surface area contributed by atoms with Gasteiger partial charge in [-0.05, 0) is 94.0 Å². The van der Waals surface area contributed by atoms with E-state index in [2.05, 4.69) is 197 Å². The van der Waals surface area contributed by atoms with Crippen LogP contribution in [0.3, 0.4) is 0 Å². The molecule has 0 atom stereocenters. The van der Waals surface area contributed by atoms with Gasteiger partial charge in [0.05, 0.1) is 0 Å². The predicted octanol–water partition coefficient (Wildman–Crippen LogP) is 13.9. The normalized spacial score (nSPS) is 10.1. The Hall–Kier alpha value is -6.16. The van der Waals surface area contributed by atoms with E-state index in [1.54, 1.807) is 0 Å². The summed E-state index contributed by atoms with van der Waals surface area (Å²) in [5.41, 5.74) is 17.0. The van der Waals surface area contributed by atoms with Crippen molar-refractivity contribution in [1.82, 2.24) is 0 Å². The number of nitrogens with zero attached hydrogens (tertiary/aromatic N) is 1. The van der Waals surface area contributed by atoms with Crippen LogP contribution < -0.4 is 10.6 Å². The first kappa shape index (κ1) is 34.7. The fourth-order valence-electron chi connectivity index (χ4n) is 5.62. The summed E-state index contributed by atoms with van der Waals surface area (Å²) in [6.07, 6.45) is 0. The Balaban J connectivity index is 0.000000182.